The van der Waals surface area contributed by atoms with E-state index in [2.05, 4.69) is 10.6 Å². The molecule has 9 heteroatoms. The number of hydrogen-bond donors (Lipinski definition) is 3. The monoisotopic (exact) mass is 281 g/mol. The molecule has 0 fully saturated rings. The Morgan fingerprint density at radius 2 is 1.72 bits per heavy atom. The predicted octanol–water partition coefficient (Wildman–Crippen LogP) is -0.958. The number of carboxylic acid groups (broad SMARTS) is 1. The molecular formula is C9H19N3O5S. The lowest BCUT2D eigenvalue weighted by atomic mass is 10.3. The minimum atomic E-state index is -3.32. The summed E-state index contributed by atoms with van der Waals surface area (Å²) in [6.07, 6.45) is 0.314. The highest BCUT2D eigenvalue weighted by Crippen LogP contribution is 1.92. The van der Waals surface area contributed by atoms with Crippen molar-refractivity contribution in [2.75, 3.05) is 32.9 Å². The Labute approximate surface area is 106 Å². The van der Waals surface area contributed by atoms with Gasteiger partial charge in [0.2, 0.25) is 10.0 Å². The molecule has 106 valence electrons. The summed E-state index contributed by atoms with van der Waals surface area (Å²) in [6.45, 7) is 0.240. The molecule has 0 spiro atoms. The van der Waals surface area contributed by atoms with Crippen LogP contribution in [0.1, 0.15) is 12.8 Å². The summed E-state index contributed by atoms with van der Waals surface area (Å²) >= 11 is 0. The molecule has 0 aliphatic carbocycles. The summed E-state index contributed by atoms with van der Waals surface area (Å²) in [5, 5.41) is 13.2. The van der Waals surface area contributed by atoms with Crippen LogP contribution in [-0.2, 0) is 14.8 Å². The van der Waals surface area contributed by atoms with Gasteiger partial charge in [-0.3, -0.25) is 4.79 Å². The molecule has 0 aromatic rings. The number of rotatable bonds is 8. The van der Waals surface area contributed by atoms with E-state index in [1.54, 1.807) is 0 Å². The fourth-order valence-corrected chi connectivity index (χ4v) is 1.71. The first-order valence-electron chi connectivity index (χ1n) is 5.39. The number of nitrogens with zero attached hydrogens (tertiary/aromatic N) is 1. The third-order valence-electron chi connectivity index (χ3n) is 2.05. The van der Waals surface area contributed by atoms with Gasteiger partial charge < -0.3 is 15.7 Å². The first-order valence-corrected chi connectivity index (χ1v) is 7.00. The van der Waals surface area contributed by atoms with E-state index in [0.29, 0.717) is 6.42 Å². The van der Waals surface area contributed by atoms with E-state index >= 15 is 0 Å². The zero-order chi connectivity index (χ0) is 14.2. The number of carboxylic acids is 1. The van der Waals surface area contributed by atoms with Crippen LogP contribution in [0.5, 0.6) is 0 Å². The molecule has 0 aliphatic rings. The van der Waals surface area contributed by atoms with Gasteiger partial charge in [-0.15, -0.1) is 0 Å². The van der Waals surface area contributed by atoms with Crippen LogP contribution in [0, 0.1) is 0 Å². The van der Waals surface area contributed by atoms with Gasteiger partial charge in [-0.05, 0) is 6.42 Å². The van der Waals surface area contributed by atoms with Crippen LogP contribution >= 0.6 is 0 Å². The van der Waals surface area contributed by atoms with E-state index < -0.39 is 22.0 Å². The van der Waals surface area contributed by atoms with Crippen LogP contribution in [-0.4, -0.2) is 62.8 Å². The Balaban J connectivity index is 3.69. The minimum absolute atomic E-state index is 0.00524. The van der Waals surface area contributed by atoms with Crippen molar-refractivity contribution in [2.24, 2.45) is 0 Å². The predicted molar refractivity (Wildman–Crippen MR) is 65.7 cm³/mol. The van der Waals surface area contributed by atoms with E-state index in [-0.39, 0.29) is 25.3 Å². The molecular weight excluding hydrogens is 262 g/mol. The molecule has 0 aromatic carbocycles. The number of aliphatic carboxylic acids is 1. The molecule has 0 saturated carbocycles. The van der Waals surface area contributed by atoms with Crippen molar-refractivity contribution in [3.63, 3.8) is 0 Å². The second kappa shape index (κ2) is 7.88. The molecule has 18 heavy (non-hydrogen) atoms. The number of amides is 2. The molecule has 0 rings (SSSR count). The van der Waals surface area contributed by atoms with E-state index in [4.69, 9.17) is 5.11 Å². The fraction of sp³-hybridized carbons (Fsp3) is 0.778. The smallest absolute Gasteiger partial charge is 0.314 e. The van der Waals surface area contributed by atoms with Crippen LogP contribution in [0.15, 0.2) is 0 Å². The standard InChI is InChI=1S/C9H19N3O5S/c1-12(2)18(16,17)7-6-11-9(15)10-5-3-4-8(13)14/h3-7H2,1-2H3,(H,13,14)(H2,10,11,15). The first kappa shape index (κ1) is 16.6. The Kier molecular flexibility index (Phi) is 7.29. The average Bonchev–Trinajstić information content (AvgIpc) is 2.23. The van der Waals surface area contributed by atoms with Crippen LogP contribution in [0.25, 0.3) is 0 Å². The fourth-order valence-electron chi connectivity index (χ4n) is 0.980. The molecule has 2 amide bonds. The van der Waals surface area contributed by atoms with Gasteiger partial charge in [0.05, 0.1) is 5.75 Å². The third-order valence-corrected chi connectivity index (χ3v) is 3.89. The molecule has 0 heterocycles. The molecule has 0 unspecified atom stereocenters. The molecule has 0 radical (unpaired) electrons. The number of carbonyl (C=O) groups excluding carboxylic acids is 1. The lowest BCUT2D eigenvalue weighted by molar-refractivity contribution is -0.137. The summed E-state index contributed by atoms with van der Waals surface area (Å²) in [6, 6.07) is -0.505. The van der Waals surface area contributed by atoms with Crippen molar-refractivity contribution in [1.82, 2.24) is 14.9 Å². The maximum Gasteiger partial charge on any atom is 0.314 e. The normalized spacial score (nSPS) is 11.3. The largest absolute Gasteiger partial charge is 0.481 e. The molecule has 0 aliphatic heterocycles. The molecule has 0 saturated heterocycles. The van der Waals surface area contributed by atoms with Gasteiger partial charge in [-0.25, -0.2) is 17.5 Å². The van der Waals surface area contributed by atoms with E-state index in [1.807, 2.05) is 0 Å². The van der Waals surface area contributed by atoms with Crippen molar-refractivity contribution < 1.29 is 23.1 Å². The van der Waals surface area contributed by atoms with E-state index in [9.17, 15) is 18.0 Å². The molecule has 3 N–H and O–H groups in total. The molecule has 0 atom stereocenters. The lowest BCUT2D eigenvalue weighted by Gasteiger charge is -2.11. The van der Waals surface area contributed by atoms with Crippen molar-refractivity contribution >= 4 is 22.0 Å². The molecule has 0 aromatic heterocycles. The van der Waals surface area contributed by atoms with Crippen LogP contribution in [0.2, 0.25) is 0 Å². The Bertz CT molecular complexity index is 380. The summed E-state index contributed by atoms with van der Waals surface area (Å²) in [5.41, 5.74) is 0. The zero-order valence-electron chi connectivity index (χ0n) is 10.5. The van der Waals surface area contributed by atoms with Crippen LogP contribution < -0.4 is 10.6 Å². The van der Waals surface area contributed by atoms with Gasteiger partial charge in [-0.1, -0.05) is 0 Å². The maximum absolute atomic E-state index is 11.3. The Morgan fingerprint density at radius 1 is 1.17 bits per heavy atom. The molecule has 8 nitrogen and oxygen atoms in total. The summed E-state index contributed by atoms with van der Waals surface area (Å²) in [7, 11) is -0.481. The third kappa shape index (κ3) is 7.85. The van der Waals surface area contributed by atoms with Gasteiger partial charge in [-0.2, -0.15) is 0 Å². The van der Waals surface area contributed by atoms with Gasteiger partial charge in [0.25, 0.3) is 0 Å². The van der Waals surface area contributed by atoms with Crippen molar-refractivity contribution in [1.29, 1.82) is 0 Å². The molecule has 0 bridgehead atoms. The topological polar surface area (TPSA) is 116 Å². The second-order valence-corrected chi connectivity index (χ2v) is 6.08. The number of sulfonamides is 1. The van der Waals surface area contributed by atoms with Crippen molar-refractivity contribution in [3.05, 3.63) is 0 Å². The number of nitrogens with one attached hydrogen (secondary N) is 2. The second-order valence-electron chi connectivity index (χ2n) is 3.78. The highest BCUT2D eigenvalue weighted by Gasteiger charge is 2.13. The van der Waals surface area contributed by atoms with Crippen LogP contribution in [0.3, 0.4) is 0 Å². The van der Waals surface area contributed by atoms with Crippen molar-refractivity contribution in [3.8, 4) is 0 Å². The summed E-state index contributed by atoms with van der Waals surface area (Å²) in [5.74, 6) is -1.10. The van der Waals surface area contributed by atoms with Gasteiger partial charge in [0.1, 0.15) is 0 Å². The SMILES string of the molecule is CN(C)S(=O)(=O)CCNC(=O)NCCCC(=O)O. The first-order chi connectivity index (χ1) is 8.25. The van der Waals surface area contributed by atoms with E-state index in [0.717, 1.165) is 4.31 Å². The number of hydrogen-bond acceptors (Lipinski definition) is 4. The van der Waals surface area contributed by atoms with E-state index in [1.165, 1.54) is 14.1 Å². The maximum atomic E-state index is 11.3. The quantitative estimate of drug-likeness (QED) is 0.496. The van der Waals surface area contributed by atoms with Crippen LogP contribution in [0.4, 0.5) is 4.79 Å². The highest BCUT2D eigenvalue weighted by atomic mass is 32.2. The highest BCUT2D eigenvalue weighted by molar-refractivity contribution is 7.89. The number of carbonyl (C=O) groups is 2. The zero-order valence-corrected chi connectivity index (χ0v) is 11.3. The number of urea groups is 1. The lowest BCUT2D eigenvalue weighted by Crippen LogP contribution is -2.40. The van der Waals surface area contributed by atoms with Gasteiger partial charge >= 0.3 is 12.0 Å². The van der Waals surface area contributed by atoms with Crippen molar-refractivity contribution in [2.45, 2.75) is 12.8 Å². The minimum Gasteiger partial charge on any atom is -0.481 e. The van der Waals surface area contributed by atoms with Gasteiger partial charge in [0.15, 0.2) is 0 Å². The average molecular weight is 281 g/mol. The Hall–Kier alpha value is -1.35. The Morgan fingerprint density at radius 3 is 2.22 bits per heavy atom. The summed E-state index contributed by atoms with van der Waals surface area (Å²) < 4.78 is 23.8. The van der Waals surface area contributed by atoms with Gasteiger partial charge in [0, 0.05) is 33.6 Å². The summed E-state index contributed by atoms with van der Waals surface area (Å²) in [4.78, 5) is 21.4.